The summed E-state index contributed by atoms with van der Waals surface area (Å²) < 4.78 is 0. The minimum absolute atomic E-state index is 0.414. The van der Waals surface area contributed by atoms with Gasteiger partial charge in [-0.05, 0) is 37.3 Å². The van der Waals surface area contributed by atoms with E-state index >= 15 is 0 Å². The number of hydrogen-bond donors (Lipinski definition) is 3. The number of nitrogens with two attached hydrogens (primary N) is 2. The van der Waals surface area contributed by atoms with Gasteiger partial charge >= 0.3 is 0 Å². The fourth-order valence-electron chi connectivity index (χ4n) is 2.41. The summed E-state index contributed by atoms with van der Waals surface area (Å²) >= 11 is 0. The Labute approximate surface area is 103 Å². The van der Waals surface area contributed by atoms with Crippen LogP contribution in [0.4, 0.5) is 17.3 Å². The van der Waals surface area contributed by atoms with Crippen molar-refractivity contribution in [3.05, 3.63) is 12.1 Å². The summed E-state index contributed by atoms with van der Waals surface area (Å²) in [5.41, 5.74) is 11.9. The fraction of sp³-hybridized carbons (Fsp3) is 0.615. The minimum Gasteiger partial charge on any atom is -0.396 e. The van der Waals surface area contributed by atoms with Crippen LogP contribution in [-0.4, -0.2) is 11.0 Å². The molecule has 0 amide bonds. The number of rotatable bonds is 2. The quantitative estimate of drug-likeness (QED) is 0.687. The van der Waals surface area contributed by atoms with Crippen LogP contribution in [0.1, 0.15) is 39.0 Å². The predicted molar refractivity (Wildman–Crippen MR) is 72.7 cm³/mol. The van der Waals surface area contributed by atoms with Crippen molar-refractivity contribution >= 4 is 17.3 Å². The zero-order valence-electron chi connectivity index (χ0n) is 10.4. The number of nitrogens with zero attached hydrogens (tertiary/aromatic N) is 1. The lowest BCUT2D eigenvalue weighted by molar-refractivity contribution is 0.502. The molecule has 2 rings (SSSR count). The molecule has 5 N–H and O–H groups in total. The number of nitrogens with one attached hydrogen (secondary N) is 1. The second-order valence-corrected chi connectivity index (χ2v) is 5.13. The van der Waals surface area contributed by atoms with E-state index in [0.717, 1.165) is 11.7 Å². The average Bonchev–Trinajstić information content (AvgIpc) is 2.49. The van der Waals surface area contributed by atoms with Crippen molar-refractivity contribution < 1.29 is 0 Å². The van der Waals surface area contributed by atoms with Crippen LogP contribution in [0, 0.1) is 5.92 Å². The Morgan fingerprint density at radius 1 is 1.18 bits per heavy atom. The van der Waals surface area contributed by atoms with Crippen molar-refractivity contribution in [2.45, 2.75) is 45.1 Å². The van der Waals surface area contributed by atoms with E-state index < -0.39 is 0 Å². The third-order valence-corrected chi connectivity index (χ3v) is 3.57. The van der Waals surface area contributed by atoms with E-state index in [1.54, 1.807) is 0 Å². The second kappa shape index (κ2) is 5.25. The van der Waals surface area contributed by atoms with Crippen molar-refractivity contribution in [3.8, 4) is 0 Å². The lowest BCUT2D eigenvalue weighted by atomic mass is 10.0. The molecule has 0 saturated heterocycles. The van der Waals surface area contributed by atoms with E-state index in [2.05, 4.69) is 17.2 Å². The number of aromatic nitrogens is 1. The van der Waals surface area contributed by atoms with Gasteiger partial charge in [0.1, 0.15) is 11.6 Å². The molecule has 1 aromatic heterocycles. The van der Waals surface area contributed by atoms with Crippen LogP contribution < -0.4 is 16.8 Å². The van der Waals surface area contributed by atoms with Crippen molar-refractivity contribution in [3.63, 3.8) is 0 Å². The molecule has 0 bridgehead atoms. The van der Waals surface area contributed by atoms with Crippen LogP contribution in [0.2, 0.25) is 0 Å². The zero-order chi connectivity index (χ0) is 12.3. The van der Waals surface area contributed by atoms with E-state index in [1.165, 1.54) is 32.1 Å². The molecule has 94 valence electrons. The SMILES string of the molecule is CC1CCCC(Nc2ccc(N)c(N)n2)CC1. The van der Waals surface area contributed by atoms with Crippen molar-refractivity contribution in [2.24, 2.45) is 5.92 Å². The van der Waals surface area contributed by atoms with Gasteiger partial charge in [-0.3, -0.25) is 0 Å². The smallest absolute Gasteiger partial charge is 0.149 e. The first kappa shape index (κ1) is 12.0. The Hall–Kier alpha value is -1.45. The first-order valence-corrected chi connectivity index (χ1v) is 6.43. The highest BCUT2D eigenvalue weighted by Crippen LogP contribution is 2.25. The highest BCUT2D eigenvalue weighted by molar-refractivity contribution is 5.61. The van der Waals surface area contributed by atoms with E-state index in [-0.39, 0.29) is 0 Å². The normalized spacial score (nSPS) is 25.2. The largest absolute Gasteiger partial charge is 0.396 e. The molecule has 1 heterocycles. The van der Waals surface area contributed by atoms with Crippen LogP contribution in [-0.2, 0) is 0 Å². The lowest BCUT2D eigenvalue weighted by Crippen LogP contribution is -2.19. The van der Waals surface area contributed by atoms with E-state index in [9.17, 15) is 0 Å². The summed E-state index contributed by atoms with van der Waals surface area (Å²) in [6.07, 6.45) is 6.37. The van der Waals surface area contributed by atoms with Gasteiger partial charge in [0.25, 0.3) is 0 Å². The Morgan fingerprint density at radius 2 is 2.00 bits per heavy atom. The van der Waals surface area contributed by atoms with Crippen molar-refractivity contribution in [1.29, 1.82) is 0 Å². The van der Waals surface area contributed by atoms with Gasteiger partial charge < -0.3 is 16.8 Å². The number of pyridine rings is 1. The Bertz CT molecular complexity index is 378. The monoisotopic (exact) mass is 234 g/mol. The zero-order valence-corrected chi connectivity index (χ0v) is 10.4. The van der Waals surface area contributed by atoms with Crippen LogP contribution in [0.5, 0.6) is 0 Å². The molecule has 0 radical (unpaired) electrons. The van der Waals surface area contributed by atoms with E-state index in [4.69, 9.17) is 11.5 Å². The topological polar surface area (TPSA) is 77.0 Å². The van der Waals surface area contributed by atoms with Gasteiger partial charge in [0.2, 0.25) is 0 Å². The summed E-state index contributed by atoms with van der Waals surface area (Å²) in [4.78, 5) is 4.26. The first-order valence-electron chi connectivity index (χ1n) is 6.43. The Balaban J connectivity index is 1.97. The van der Waals surface area contributed by atoms with Gasteiger partial charge in [0, 0.05) is 6.04 Å². The second-order valence-electron chi connectivity index (χ2n) is 5.13. The first-order chi connectivity index (χ1) is 8.15. The van der Waals surface area contributed by atoms with Crippen molar-refractivity contribution in [1.82, 2.24) is 4.98 Å². The minimum atomic E-state index is 0.414. The molecule has 2 unspecified atom stereocenters. The number of nitrogen functional groups attached to an aromatic ring is 2. The molecule has 0 aromatic carbocycles. The highest BCUT2D eigenvalue weighted by atomic mass is 15.0. The van der Waals surface area contributed by atoms with Crippen molar-refractivity contribution in [2.75, 3.05) is 16.8 Å². The molecule has 1 aliphatic rings. The summed E-state index contributed by atoms with van der Waals surface area (Å²) in [5, 5.41) is 3.46. The third-order valence-electron chi connectivity index (χ3n) is 3.57. The van der Waals surface area contributed by atoms with Gasteiger partial charge in [0.15, 0.2) is 0 Å². The molecule has 0 spiro atoms. The molecule has 1 aliphatic carbocycles. The van der Waals surface area contributed by atoms with Crippen LogP contribution in [0.25, 0.3) is 0 Å². The van der Waals surface area contributed by atoms with E-state index in [0.29, 0.717) is 17.5 Å². The van der Waals surface area contributed by atoms with Crippen LogP contribution in [0.3, 0.4) is 0 Å². The standard InChI is InChI=1S/C13H22N4/c1-9-3-2-4-10(6-5-9)16-12-8-7-11(14)13(15)17-12/h7-10H,2-6,14H2,1H3,(H3,15,16,17). The molecular formula is C13H22N4. The molecule has 1 fully saturated rings. The maximum atomic E-state index is 5.70. The van der Waals surface area contributed by atoms with Gasteiger partial charge in [-0.25, -0.2) is 4.98 Å². The maximum absolute atomic E-state index is 5.70. The highest BCUT2D eigenvalue weighted by Gasteiger charge is 2.16. The number of anilines is 3. The van der Waals surface area contributed by atoms with E-state index in [1.807, 2.05) is 12.1 Å². The summed E-state index contributed by atoms with van der Waals surface area (Å²) in [5.74, 6) is 2.11. The number of hydrogen-bond acceptors (Lipinski definition) is 4. The van der Waals surface area contributed by atoms with Crippen LogP contribution in [0.15, 0.2) is 12.1 Å². The molecule has 1 saturated carbocycles. The maximum Gasteiger partial charge on any atom is 0.149 e. The summed E-state index contributed by atoms with van der Waals surface area (Å²) in [6, 6.07) is 4.24. The summed E-state index contributed by atoms with van der Waals surface area (Å²) in [7, 11) is 0. The molecular weight excluding hydrogens is 212 g/mol. The molecule has 2 atom stereocenters. The average molecular weight is 234 g/mol. The van der Waals surface area contributed by atoms with Gasteiger partial charge in [-0.15, -0.1) is 0 Å². The molecule has 17 heavy (non-hydrogen) atoms. The molecule has 1 aromatic rings. The third kappa shape index (κ3) is 3.25. The lowest BCUT2D eigenvalue weighted by Gasteiger charge is -2.17. The Kier molecular flexibility index (Phi) is 3.71. The fourth-order valence-corrected chi connectivity index (χ4v) is 2.41. The van der Waals surface area contributed by atoms with Crippen LogP contribution >= 0.6 is 0 Å². The summed E-state index contributed by atoms with van der Waals surface area (Å²) in [6.45, 7) is 2.34. The van der Waals surface area contributed by atoms with Gasteiger partial charge in [0.05, 0.1) is 5.69 Å². The van der Waals surface area contributed by atoms with Gasteiger partial charge in [-0.2, -0.15) is 0 Å². The van der Waals surface area contributed by atoms with Gasteiger partial charge in [-0.1, -0.05) is 19.8 Å². The predicted octanol–water partition coefficient (Wildman–Crippen LogP) is 2.63. The molecule has 4 heteroatoms. The molecule has 0 aliphatic heterocycles. The molecule has 4 nitrogen and oxygen atoms in total. The Morgan fingerprint density at radius 3 is 2.76 bits per heavy atom.